The van der Waals surface area contributed by atoms with E-state index in [2.05, 4.69) is 34.4 Å². The Morgan fingerprint density at radius 2 is 2.14 bits per heavy atom. The highest BCUT2D eigenvalue weighted by atomic mass is 35.5. The van der Waals surface area contributed by atoms with Crippen LogP contribution in [-0.2, 0) is 7.05 Å². The van der Waals surface area contributed by atoms with Gasteiger partial charge in [-0.2, -0.15) is 10.2 Å². The van der Waals surface area contributed by atoms with E-state index >= 15 is 0 Å². The Morgan fingerprint density at radius 1 is 1.32 bits per heavy atom. The molecule has 0 amide bonds. The van der Waals surface area contributed by atoms with Crippen molar-refractivity contribution in [1.29, 1.82) is 0 Å². The molecule has 0 radical (unpaired) electrons. The van der Waals surface area contributed by atoms with Gasteiger partial charge in [0.2, 0.25) is 0 Å². The molecule has 0 aliphatic carbocycles. The second kappa shape index (κ2) is 7.31. The number of halogens is 1. The first kappa shape index (κ1) is 18.6. The van der Waals surface area contributed by atoms with Crippen molar-refractivity contribution >= 4 is 17.3 Å². The lowest BCUT2D eigenvalue weighted by atomic mass is 10.0. The molecule has 1 atom stereocenters. The van der Waals surface area contributed by atoms with Crippen molar-refractivity contribution in [2.75, 3.05) is 18.0 Å². The third-order valence-electron chi connectivity index (χ3n) is 5.20. The average Bonchev–Trinajstić information content (AvgIpc) is 3.22. The van der Waals surface area contributed by atoms with Crippen molar-refractivity contribution in [3.05, 3.63) is 57.2 Å². The Bertz CT molecular complexity index is 1070. The number of aryl methyl sites for hydroxylation is 2. The van der Waals surface area contributed by atoms with Crippen LogP contribution in [0.25, 0.3) is 11.1 Å². The zero-order valence-electron chi connectivity index (χ0n) is 16.1. The highest BCUT2D eigenvalue weighted by molar-refractivity contribution is 6.33. The van der Waals surface area contributed by atoms with E-state index in [0.29, 0.717) is 12.2 Å². The Morgan fingerprint density at radius 3 is 2.89 bits per heavy atom. The highest BCUT2D eigenvalue weighted by Crippen LogP contribution is 2.31. The van der Waals surface area contributed by atoms with Gasteiger partial charge < -0.3 is 9.64 Å². The molecule has 3 aromatic rings. The Labute approximate surface area is 167 Å². The van der Waals surface area contributed by atoms with Gasteiger partial charge in [-0.3, -0.25) is 9.48 Å². The van der Waals surface area contributed by atoms with Crippen LogP contribution in [0.3, 0.4) is 0 Å². The normalized spacial score (nSPS) is 16.6. The number of rotatable bonds is 4. The van der Waals surface area contributed by atoms with E-state index in [0.717, 1.165) is 41.2 Å². The van der Waals surface area contributed by atoms with Crippen LogP contribution in [0.1, 0.15) is 17.8 Å². The van der Waals surface area contributed by atoms with E-state index in [4.69, 9.17) is 16.3 Å². The number of H-pyrrole nitrogens is 1. The predicted molar refractivity (Wildman–Crippen MR) is 109 cm³/mol. The van der Waals surface area contributed by atoms with Crippen LogP contribution in [0.4, 0.5) is 5.69 Å². The van der Waals surface area contributed by atoms with Crippen molar-refractivity contribution in [2.45, 2.75) is 26.4 Å². The van der Waals surface area contributed by atoms with E-state index in [-0.39, 0.29) is 16.7 Å². The molecule has 1 unspecified atom stereocenters. The van der Waals surface area contributed by atoms with E-state index in [1.54, 1.807) is 6.20 Å². The second-order valence-corrected chi connectivity index (χ2v) is 7.45. The van der Waals surface area contributed by atoms with Gasteiger partial charge in [0, 0.05) is 31.3 Å². The fourth-order valence-electron chi connectivity index (χ4n) is 3.75. The summed E-state index contributed by atoms with van der Waals surface area (Å²) in [6, 6.07) is 8.10. The molecule has 1 aromatic carbocycles. The van der Waals surface area contributed by atoms with Crippen molar-refractivity contribution < 1.29 is 4.74 Å². The van der Waals surface area contributed by atoms with Gasteiger partial charge in [0.05, 0.1) is 24.1 Å². The molecule has 146 valence electrons. The second-order valence-electron chi connectivity index (χ2n) is 7.07. The van der Waals surface area contributed by atoms with Gasteiger partial charge >= 0.3 is 0 Å². The molecule has 0 saturated carbocycles. The molecule has 1 N–H and O–H groups in total. The van der Waals surface area contributed by atoms with Crippen LogP contribution in [0.15, 0.2) is 35.3 Å². The monoisotopic (exact) mass is 399 g/mol. The van der Waals surface area contributed by atoms with Crippen molar-refractivity contribution in [3.8, 4) is 16.9 Å². The summed E-state index contributed by atoms with van der Waals surface area (Å²) in [5.74, 6) is 0.821. The number of aromatic nitrogens is 4. The molecule has 2 aromatic heterocycles. The maximum absolute atomic E-state index is 11.7. The van der Waals surface area contributed by atoms with Crippen LogP contribution in [0, 0.1) is 13.8 Å². The fourth-order valence-corrected chi connectivity index (χ4v) is 3.96. The lowest BCUT2D eigenvalue weighted by Crippen LogP contribution is -2.26. The lowest BCUT2D eigenvalue weighted by molar-refractivity contribution is 0.225. The maximum atomic E-state index is 11.7. The van der Waals surface area contributed by atoms with E-state index in [1.165, 1.54) is 0 Å². The first-order chi connectivity index (χ1) is 13.4. The van der Waals surface area contributed by atoms with Crippen LogP contribution in [-0.4, -0.2) is 39.2 Å². The first-order valence-electron chi connectivity index (χ1n) is 9.19. The maximum Gasteiger partial charge on any atom is 0.285 e. The summed E-state index contributed by atoms with van der Waals surface area (Å²) < 4.78 is 8.12. The van der Waals surface area contributed by atoms with Gasteiger partial charge in [-0.15, -0.1) is 0 Å². The van der Waals surface area contributed by atoms with E-state index in [1.807, 2.05) is 35.7 Å². The number of ether oxygens (including phenoxy) is 1. The summed E-state index contributed by atoms with van der Waals surface area (Å²) in [5, 5.41) is 10.9. The van der Waals surface area contributed by atoms with Gasteiger partial charge in [-0.25, -0.2) is 5.10 Å². The topological polar surface area (TPSA) is 76.0 Å². The Kier molecular flexibility index (Phi) is 4.85. The molecule has 1 aliphatic heterocycles. The molecule has 0 spiro atoms. The van der Waals surface area contributed by atoms with Crippen LogP contribution in [0.5, 0.6) is 5.75 Å². The summed E-state index contributed by atoms with van der Waals surface area (Å²) >= 11 is 6.13. The van der Waals surface area contributed by atoms with Crippen molar-refractivity contribution in [2.24, 2.45) is 7.05 Å². The zero-order chi connectivity index (χ0) is 19.8. The summed E-state index contributed by atoms with van der Waals surface area (Å²) in [6.07, 6.45) is 2.45. The molecular formula is C20H22ClN5O2. The summed E-state index contributed by atoms with van der Waals surface area (Å²) in [4.78, 5) is 13.7. The number of nitrogens with zero attached hydrogens (tertiary/aromatic N) is 4. The molecule has 1 saturated heterocycles. The molecule has 8 heteroatoms. The third-order valence-corrected chi connectivity index (χ3v) is 5.56. The summed E-state index contributed by atoms with van der Waals surface area (Å²) in [7, 11) is 1.95. The quantitative estimate of drug-likeness (QED) is 0.729. The average molecular weight is 400 g/mol. The molecule has 0 bridgehead atoms. The van der Waals surface area contributed by atoms with Crippen LogP contribution in [0.2, 0.25) is 5.02 Å². The Hall–Kier alpha value is -2.80. The molecule has 1 aliphatic rings. The number of hydrogen-bond acceptors (Lipinski definition) is 5. The molecule has 4 rings (SSSR count). The largest absolute Gasteiger partial charge is 0.488 e. The first-order valence-corrected chi connectivity index (χ1v) is 9.57. The number of benzene rings is 1. The number of aromatic amines is 1. The van der Waals surface area contributed by atoms with Gasteiger partial charge in [0.15, 0.2) is 0 Å². The molecule has 1 fully saturated rings. The molecular weight excluding hydrogens is 378 g/mol. The number of hydrogen-bond donors (Lipinski definition) is 1. The predicted octanol–water partition coefficient (Wildman–Crippen LogP) is 3.10. The van der Waals surface area contributed by atoms with Crippen molar-refractivity contribution in [1.82, 2.24) is 20.0 Å². The number of anilines is 1. The molecule has 3 heterocycles. The zero-order valence-corrected chi connectivity index (χ0v) is 16.8. The van der Waals surface area contributed by atoms with Gasteiger partial charge in [0.1, 0.15) is 16.9 Å². The lowest BCUT2D eigenvalue weighted by Gasteiger charge is -2.19. The highest BCUT2D eigenvalue weighted by Gasteiger charge is 2.26. The van der Waals surface area contributed by atoms with E-state index in [9.17, 15) is 4.79 Å². The Balaban J connectivity index is 1.51. The smallest absolute Gasteiger partial charge is 0.285 e. The molecule has 7 nitrogen and oxygen atoms in total. The minimum absolute atomic E-state index is 0.0155. The van der Waals surface area contributed by atoms with E-state index < -0.39 is 0 Å². The minimum atomic E-state index is -0.376. The summed E-state index contributed by atoms with van der Waals surface area (Å²) in [5.41, 5.74) is 4.63. The van der Waals surface area contributed by atoms with Crippen LogP contribution >= 0.6 is 11.6 Å². The van der Waals surface area contributed by atoms with Crippen LogP contribution < -0.4 is 15.2 Å². The number of nitrogens with one attached hydrogen (secondary N) is 1. The fraction of sp³-hybridized carbons (Fsp3) is 0.350. The van der Waals surface area contributed by atoms with Gasteiger partial charge in [-0.05, 0) is 31.5 Å². The standard InChI is InChI=1S/C20H22ClN5O2/c1-12-18(13(2)25(3)24-12)14-5-4-6-15(9-14)28-16-7-8-26(11-16)17-10-22-23-20(27)19(17)21/h4-6,9-10,16H,7-8,11H2,1-3H3,(H,23,27). The minimum Gasteiger partial charge on any atom is -0.488 e. The molecule has 28 heavy (non-hydrogen) atoms. The SMILES string of the molecule is Cc1nn(C)c(C)c1-c1cccc(OC2CCN(c3cn[nH]c(=O)c3Cl)C2)c1. The van der Waals surface area contributed by atoms with Gasteiger partial charge in [0.25, 0.3) is 5.56 Å². The third kappa shape index (κ3) is 3.38. The van der Waals surface area contributed by atoms with Gasteiger partial charge in [-0.1, -0.05) is 23.7 Å². The van der Waals surface area contributed by atoms with Crippen molar-refractivity contribution in [3.63, 3.8) is 0 Å². The summed E-state index contributed by atoms with van der Waals surface area (Å²) in [6.45, 7) is 5.50.